The Labute approximate surface area is 175 Å². The van der Waals surface area contributed by atoms with Gasteiger partial charge in [-0.05, 0) is 38.3 Å². The molecule has 2 aliphatic heterocycles. The van der Waals surface area contributed by atoms with E-state index in [0.717, 1.165) is 54.3 Å². The molecule has 5 rings (SSSR count). The van der Waals surface area contributed by atoms with E-state index in [4.69, 9.17) is 0 Å². The molecule has 1 aliphatic carbocycles. The van der Waals surface area contributed by atoms with Crippen molar-refractivity contribution in [3.8, 4) is 0 Å². The highest BCUT2D eigenvalue weighted by molar-refractivity contribution is 5.98. The Morgan fingerprint density at radius 1 is 1.13 bits per heavy atom. The number of aromatic nitrogens is 1. The molecule has 1 saturated carbocycles. The molecule has 7 nitrogen and oxygen atoms in total. The first-order chi connectivity index (χ1) is 14.4. The molecular formula is C23H28N4O3. The normalized spacial score (nSPS) is 24.0. The number of rotatable bonds is 2. The van der Waals surface area contributed by atoms with E-state index in [0.29, 0.717) is 6.42 Å². The molecule has 1 aromatic carbocycles. The van der Waals surface area contributed by atoms with Crippen LogP contribution in [0.4, 0.5) is 0 Å². The molecule has 0 radical (unpaired) electrons. The van der Waals surface area contributed by atoms with E-state index in [-0.39, 0.29) is 30.2 Å². The van der Waals surface area contributed by atoms with E-state index in [1.807, 2.05) is 38.1 Å². The minimum absolute atomic E-state index is 0.0669. The molecule has 1 atom stereocenters. The smallest absolute Gasteiger partial charge is 0.264 e. The zero-order valence-electron chi connectivity index (χ0n) is 17.5. The van der Waals surface area contributed by atoms with Crippen molar-refractivity contribution in [2.75, 3.05) is 6.54 Å². The van der Waals surface area contributed by atoms with Gasteiger partial charge in [0, 0.05) is 28.9 Å². The molecule has 3 amide bonds. The van der Waals surface area contributed by atoms with Gasteiger partial charge in [-0.1, -0.05) is 37.5 Å². The second-order valence-electron chi connectivity index (χ2n) is 9.30. The maximum Gasteiger partial charge on any atom is 0.264 e. The minimum atomic E-state index is -0.635. The molecule has 3 heterocycles. The largest absolute Gasteiger partial charge is 0.356 e. The van der Waals surface area contributed by atoms with Gasteiger partial charge in [0.25, 0.3) is 5.91 Å². The van der Waals surface area contributed by atoms with Crippen LogP contribution in [0, 0.1) is 5.92 Å². The number of carbonyl (C=O) groups is 3. The summed E-state index contributed by atoms with van der Waals surface area (Å²) in [6.45, 7) is 3.84. The zero-order chi connectivity index (χ0) is 21.0. The second-order valence-corrected chi connectivity index (χ2v) is 9.30. The Balaban J connectivity index is 1.46. The van der Waals surface area contributed by atoms with Crippen LogP contribution in [0.1, 0.15) is 57.2 Å². The Hall–Kier alpha value is -2.83. The van der Waals surface area contributed by atoms with E-state index in [2.05, 4.69) is 10.4 Å². The molecular weight excluding hydrogens is 380 g/mol. The van der Waals surface area contributed by atoms with Gasteiger partial charge in [0.2, 0.25) is 11.8 Å². The molecule has 0 spiro atoms. The van der Waals surface area contributed by atoms with Gasteiger partial charge in [-0.25, -0.2) is 5.01 Å². The zero-order valence-corrected chi connectivity index (χ0v) is 17.5. The van der Waals surface area contributed by atoms with Crippen molar-refractivity contribution in [2.45, 2.75) is 64.0 Å². The fourth-order valence-corrected chi connectivity index (χ4v) is 5.57. The van der Waals surface area contributed by atoms with Gasteiger partial charge in [-0.3, -0.25) is 19.8 Å². The van der Waals surface area contributed by atoms with Crippen LogP contribution in [0.15, 0.2) is 24.3 Å². The van der Waals surface area contributed by atoms with Crippen molar-refractivity contribution < 1.29 is 14.4 Å². The number of hydrogen-bond acceptors (Lipinski definition) is 3. The van der Waals surface area contributed by atoms with Crippen LogP contribution in [-0.2, 0) is 26.3 Å². The summed E-state index contributed by atoms with van der Waals surface area (Å²) >= 11 is 0. The SMILES string of the molecule is CC1(C)c2[nH]c3ccccc3c2CC2C(=O)N(NC(=O)C3CCCCC3)CC(=O)N21. The average Bonchev–Trinajstić information content (AvgIpc) is 3.12. The van der Waals surface area contributed by atoms with Crippen molar-refractivity contribution in [2.24, 2.45) is 5.92 Å². The molecule has 7 heteroatoms. The molecule has 1 unspecified atom stereocenters. The number of H-pyrrole nitrogens is 1. The third-order valence-corrected chi connectivity index (χ3v) is 7.07. The first-order valence-corrected chi connectivity index (χ1v) is 10.9. The summed E-state index contributed by atoms with van der Waals surface area (Å²) in [6.07, 6.45) is 5.39. The highest BCUT2D eigenvalue weighted by atomic mass is 16.2. The molecule has 2 N–H and O–H groups in total. The summed E-state index contributed by atoms with van der Waals surface area (Å²) < 4.78 is 0. The molecule has 30 heavy (non-hydrogen) atoms. The number of aromatic amines is 1. The Morgan fingerprint density at radius 2 is 1.87 bits per heavy atom. The number of amides is 3. The lowest BCUT2D eigenvalue weighted by Crippen LogP contribution is -2.69. The number of benzene rings is 1. The van der Waals surface area contributed by atoms with Crippen LogP contribution in [0.5, 0.6) is 0 Å². The first-order valence-electron chi connectivity index (χ1n) is 10.9. The number of fused-ring (bicyclic) bond motifs is 4. The van der Waals surface area contributed by atoms with Gasteiger partial charge >= 0.3 is 0 Å². The van der Waals surface area contributed by atoms with E-state index in [1.165, 1.54) is 5.01 Å². The van der Waals surface area contributed by atoms with E-state index < -0.39 is 11.6 Å². The van der Waals surface area contributed by atoms with Crippen LogP contribution < -0.4 is 5.43 Å². The predicted octanol–water partition coefficient (Wildman–Crippen LogP) is 2.61. The standard InChI is InChI=1S/C23H28N4O3/c1-23(2)20-16(15-10-6-7-11-17(15)24-20)12-18-22(30)26(13-19(28)27(18)23)25-21(29)14-8-4-3-5-9-14/h6-7,10-11,14,18,24H,3-5,8-9,12-13H2,1-2H3,(H,25,29). The summed E-state index contributed by atoms with van der Waals surface area (Å²) in [5.41, 5.74) is 5.22. The monoisotopic (exact) mass is 408 g/mol. The van der Waals surface area contributed by atoms with Gasteiger partial charge < -0.3 is 9.88 Å². The van der Waals surface area contributed by atoms with Crippen LogP contribution in [0.3, 0.4) is 0 Å². The van der Waals surface area contributed by atoms with Crippen LogP contribution in [0.2, 0.25) is 0 Å². The molecule has 2 fully saturated rings. The van der Waals surface area contributed by atoms with Crippen LogP contribution >= 0.6 is 0 Å². The summed E-state index contributed by atoms with van der Waals surface area (Å²) in [5, 5.41) is 2.35. The van der Waals surface area contributed by atoms with Crippen molar-refractivity contribution in [3.05, 3.63) is 35.5 Å². The number of nitrogens with one attached hydrogen (secondary N) is 2. The number of piperazine rings is 1. The van der Waals surface area contributed by atoms with Crippen molar-refractivity contribution in [1.29, 1.82) is 0 Å². The minimum Gasteiger partial charge on any atom is -0.356 e. The molecule has 158 valence electrons. The lowest BCUT2D eigenvalue weighted by Gasteiger charge is -2.51. The molecule has 1 aromatic heterocycles. The lowest BCUT2D eigenvalue weighted by atomic mass is 9.82. The van der Waals surface area contributed by atoms with Gasteiger partial charge in [0.1, 0.15) is 12.6 Å². The van der Waals surface area contributed by atoms with Gasteiger partial charge in [-0.15, -0.1) is 0 Å². The van der Waals surface area contributed by atoms with Crippen molar-refractivity contribution >= 4 is 28.6 Å². The third kappa shape index (κ3) is 2.82. The Morgan fingerprint density at radius 3 is 2.63 bits per heavy atom. The van der Waals surface area contributed by atoms with Gasteiger partial charge in [0.15, 0.2) is 0 Å². The van der Waals surface area contributed by atoms with Crippen molar-refractivity contribution in [1.82, 2.24) is 20.3 Å². The topological polar surface area (TPSA) is 85.5 Å². The second kappa shape index (κ2) is 6.86. The van der Waals surface area contributed by atoms with Crippen LogP contribution in [0.25, 0.3) is 10.9 Å². The fraction of sp³-hybridized carbons (Fsp3) is 0.522. The quantitative estimate of drug-likeness (QED) is 0.801. The predicted molar refractivity (Wildman–Crippen MR) is 112 cm³/mol. The number of para-hydroxylation sites is 1. The number of hydrazine groups is 1. The molecule has 2 aromatic rings. The number of hydrogen-bond donors (Lipinski definition) is 2. The maximum atomic E-state index is 13.4. The third-order valence-electron chi connectivity index (χ3n) is 7.07. The van der Waals surface area contributed by atoms with Crippen molar-refractivity contribution in [3.63, 3.8) is 0 Å². The summed E-state index contributed by atoms with van der Waals surface area (Å²) in [7, 11) is 0. The Bertz CT molecular complexity index is 1030. The van der Waals surface area contributed by atoms with E-state index in [1.54, 1.807) is 4.90 Å². The summed E-state index contributed by atoms with van der Waals surface area (Å²) in [6, 6.07) is 7.42. The highest BCUT2D eigenvalue weighted by Crippen LogP contribution is 2.42. The van der Waals surface area contributed by atoms with E-state index in [9.17, 15) is 14.4 Å². The Kier molecular flexibility index (Phi) is 4.38. The summed E-state index contributed by atoms with van der Waals surface area (Å²) in [4.78, 5) is 44.4. The molecule has 3 aliphatic rings. The van der Waals surface area contributed by atoms with Crippen LogP contribution in [-0.4, -0.2) is 45.2 Å². The fourth-order valence-electron chi connectivity index (χ4n) is 5.57. The molecule has 1 saturated heterocycles. The summed E-state index contributed by atoms with van der Waals surface area (Å²) in [5.74, 6) is -0.546. The average molecular weight is 409 g/mol. The number of nitrogens with zero attached hydrogens (tertiary/aromatic N) is 2. The maximum absolute atomic E-state index is 13.4. The van der Waals surface area contributed by atoms with E-state index >= 15 is 0 Å². The van der Waals surface area contributed by atoms with Gasteiger partial charge in [0.05, 0.1) is 5.54 Å². The van der Waals surface area contributed by atoms with Gasteiger partial charge in [-0.2, -0.15) is 0 Å². The highest BCUT2D eigenvalue weighted by Gasteiger charge is 2.51. The molecule has 0 bridgehead atoms. The first kappa shape index (κ1) is 19.2. The lowest BCUT2D eigenvalue weighted by molar-refractivity contribution is -0.169. The number of carbonyl (C=O) groups excluding carboxylic acids is 3.